The Kier molecular flexibility index (Phi) is 5.46. The summed E-state index contributed by atoms with van der Waals surface area (Å²) >= 11 is 0. The summed E-state index contributed by atoms with van der Waals surface area (Å²) in [7, 11) is 0. The van der Waals surface area contributed by atoms with Crippen LogP contribution in [0.2, 0.25) is 0 Å². The van der Waals surface area contributed by atoms with Gasteiger partial charge in [-0.25, -0.2) is 0 Å². The van der Waals surface area contributed by atoms with Crippen molar-refractivity contribution in [2.75, 3.05) is 13.2 Å². The first-order chi connectivity index (χ1) is 9.57. The molecule has 0 saturated carbocycles. The molecule has 0 aliphatic rings. The number of carbonyl (C=O) groups is 1. The highest BCUT2D eigenvalue weighted by molar-refractivity contribution is 5.78. The van der Waals surface area contributed by atoms with Gasteiger partial charge in [0.05, 0.1) is 0 Å². The highest BCUT2D eigenvalue weighted by atomic mass is 19.4. The number of amides is 1. The second-order valence-corrected chi connectivity index (χ2v) is 5.44. The molecule has 4 nitrogen and oxygen atoms in total. The molecule has 0 bridgehead atoms. The zero-order valence-corrected chi connectivity index (χ0v) is 12.1. The van der Waals surface area contributed by atoms with Crippen LogP contribution in [0.1, 0.15) is 20.8 Å². The molecule has 1 N–H and O–H groups in total. The molecule has 118 valence electrons. The lowest BCUT2D eigenvalue weighted by Gasteiger charge is -2.20. The number of hydrogen-bond acceptors (Lipinski definition) is 3. The second kappa shape index (κ2) is 6.69. The first-order valence-corrected chi connectivity index (χ1v) is 6.29. The van der Waals surface area contributed by atoms with Crippen LogP contribution >= 0.6 is 0 Å². The van der Waals surface area contributed by atoms with E-state index < -0.39 is 18.3 Å². The number of benzene rings is 1. The van der Waals surface area contributed by atoms with Crippen LogP contribution < -0.4 is 14.8 Å². The number of ether oxygens (including phenoxy) is 2. The molecular weight excluding hydrogens is 287 g/mol. The van der Waals surface area contributed by atoms with Gasteiger partial charge in [0.2, 0.25) is 0 Å². The van der Waals surface area contributed by atoms with Crippen molar-refractivity contribution in [2.45, 2.75) is 32.5 Å². The lowest BCUT2D eigenvalue weighted by molar-refractivity contribution is -0.153. The number of nitrogens with one attached hydrogen (secondary N) is 1. The van der Waals surface area contributed by atoms with Gasteiger partial charge in [0.1, 0.15) is 0 Å². The van der Waals surface area contributed by atoms with Crippen molar-refractivity contribution in [3.05, 3.63) is 24.3 Å². The van der Waals surface area contributed by atoms with E-state index >= 15 is 0 Å². The molecule has 0 atom stereocenters. The van der Waals surface area contributed by atoms with Crippen molar-refractivity contribution in [2.24, 2.45) is 0 Å². The van der Waals surface area contributed by atoms with Crippen molar-refractivity contribution in [3.8, 4) is 11.5 Å². The minimum atomic E-state index is -4.43. The van der Waals surface area contributed by atoms with Crippen LogP contribution in [-0.4, -0.2) is 30.8 Å². The van der Waals surface area contributed by atoms with Crippen molar-refractivity contribution in [1.82, 2.24) is 5.32 Å². The molecule has 0 unspecified atom stereocenters. The van der Waals surface area contributed by atoms with Crippen LogP contribution in [0.5, 0.6) is 11.5 Å². The number of halogens is 3. The van der Waals surface area contributed by atoms with Gasteiger partial charge < -0.3 is 14.8 Å². The molecule has 1 rings (SSSR count). The third kappa shape index (κ3) is 7.43. The maximum atomic E-state index is 12.1. The fourth-order valence-electron chi connectivity index (χ4n) is 1.45. The Labute approximate surface area is 121 Å². The van der Waals surface area contributed by atoms with Gasteiger partial charge in [0, 0.05) is 5.54 Å². The number of alkyl halides is 3. The lowest BCUT2D eigenvalue weighted by Crippen LogP contribution is -2.43. The average molecular weight is 305 g/mol. The number of carbonyl (C=O) groups excluding carboxylic acids is 1. The van der Waals surface area contributed by atoms with Crippen LogP contribution in [0.15, 0.2) is 24.3 Å². The molecule has 1 aromatic rings. The SMILES string of the molecule is CC(C)(C)NC(=O)COc1ccccc1OCC(F)(F)F. The summed E-state index contributed by atoms with van der Waals surface area (Å²) in [6.07, 6.45) is -4.43. The fourth-order valence-corrected chi connectivity index (χ4v) is 1.45. The number of hydrogen-bond donors (Lipinski definition) is 1. The zero-order chi connectivity index (χ0) is 16.1. The Hall–Kier alpha value is -1.92. The van der Waals surface area contributed by atoms with Crippen LogP contribution in [-0.2, 0) is 4.79 Å². The number of rotatable bonds is 5. The van der Waals surface area contributed by atoms with E-state index in [1.165, 1.54) is 18.2 Å². The molecule has 21 heavy (non-hydrogen) atoms. The molecule has 0 aliphatic carbocycles. The van der Waals surface area contributed by atoms with E-state index in [1.54, 1.807) is 6.07 Å². The standard InChI is InChI=1S/C14H18F3NO3/c1-13(2,3)18-12(19)8-20-10-6-4-5-7-11(10)21-9-14(15,16)17/h4-7H,8-9H2,1-3H3,(H,18,19). The molecule has 0 aliphatic heterocycles. The van der Waals surface area contributed by atoms with Crippen molar-refractivity contribution in [3.63, 3.8) is 0 Å². The Morgan fingerprint density at radius 2 is 1.62 bits per heavy atom. The largest absolute Gasteiger partial charge is 0.480 e. The van der Waals surface area contributed by atoms with Crippen molar-refractivity contribution < 1.29 is 27.4 Å². The van der Waals surface area contributed by atoms with Crippen LogP contribution in [0.4, 0.5) is 13.2 Å². The Balaban J connectivity index is 2.61. The highest BCUT2D eigenvalue weighted by Gasteiger charge is 2.29. The first-order valence-electron chi connectivity index (χ1n) is 6.29. The molecule has 0 saturated heterocycles. The molecular formula is C14H18F3NO3. The van der Waals surface area contributed by atoms with E-state index in [-0.39, 0.29) is 24.0 Å². The molecule has 0 fully saturated rings. The molecule has 7 heteroatoms. The van der Waals surface area contributed by atoms with E-state index in [0.717, 1.165) is 0 Å². The minimum absolute atomic E-state index is 0.0571. The first kappa shape index (κ1) is 17.1. The summed E-state index contributed by atoms with van der Waals surface area (Å²) in [6, 6.07) is 5.89. The predicted octanol–water partition coefficient (Wildman–Crippen LogP) is 2.92. The van der Waals surface area contributed by atoms with Crippen molar-refractivity contribution in [1.29, 1.82) is 0 Å². The minimum Gasteiger partial charge on any atom is -0.480 e. The summed E-state index contributed by atoms with van der Waals surface area (Å²) in [5.41, 5.74) is -0.410. The molecule has 0 heterocycles. The van der Waals surface area contributed by atoms with Crippen LogP contribution in [0.3, 0.4) is 0 Å². The van der Waals surface area contributed by atoms with E-state index in [9.17, 15) is 18.0 Å². The summed E-state index contributed by atoms with van der Waals surface area (Å²) in [5, 5.41) is 2.68. The van der Waals surface area contributed by atoms with Crippen LogP contribution in [0.25, 0.3) is 0 Å². The number of para-hydroxylation sites is 2. The van der Waals surface area contributed by atoms with Gasteiger partial charge in [-0.1, -0.05) is 12.1 Å². The Bertz CT molecular complexity index is 481. The summed E-state index contributed by atoms with van der Waals surface area (Å²) in [6.45, 7) is 3.72. The predicted molar refractivity (Wildman–Crippen MR) is 71.4 cm³/mol. The van der Waals surface area contributed by atoms with Crippen LogP contribution in [0, 0.1) is 0 Å². The highest BCUT2D eigenvalue weighted by Crippen LogP contribution is 2.28. The fraction of sp³-hybridized carbons (Fsp3) is 0.500. The molecule has 1 aromatic carbocycles. The summed E-state index contributed by atoms with van der Waals surface area (Å²) < 4.78 is 46.3. The van der Waals surface area contributed by atoms with Gasteiger partial charge in [-0.05, 0) is 32.9 Å². The van der Waals surface area contributed by atoms with Gasteiger partial charge in [-0.15, -0.1) is 0 Å². The molecule has 1 amide bonds. The molecule has 0 spiro atoms. The molecule has 0 aromatic heterocycles. The van der Waals surface area contributed by atoms with E-state index in [4.69, 9.17) is 4.74 Å². The monoisotopic (exact) mass is 305 g/mol. The third-order valence-corrected chi connectivity index (χ3v) is 2.11. The topological polar surface area (TPSA) is 47.6 Å². The van der Waals surface area contributed by atoms with Gasteiger partial charge in [-0.2, -0.15) is 13.2 Å². The van der Waals surface area contributed by atoms with E-state index in [2.05, 4.69) is 10.1 Å². The van der Waals surface area contributed by atoms with Gasteiger partial charge in [0.25, 0.3) is 5.91 Å². The quantitative estimate of drug-likeness (QED) is 0.910. The van der Waals surface area contributed by atoms with E-state index in [0.29, 0.717) is 0 Å². The lowest BCUT2D eigenvalue weighted by atomic mass is 10.1. The second-order valence-electron chi connectivity index (χ2n) is 5.44. The summed E-state index contributed by atoms with van der Waals surface area (Å²) in [5.74, 6) is -0.336. The van der Waals surface area contributed by atoms with Gasteiger partial charge in [-0.3, -0.25) is 4.79 Å². The Morgan fingerprint density at radius 1 is 1.10 bits per heavy atom. The van der Waals surface area contributed by atoms with Gasteiger partial charge >= 0.3 is 6.18 Å². The molecule has 0 radical (unpaired) electrons. The zero-order valence-electron chi connectivity index (χ0n) is 12.1. The average Bonchev–Trinajstić information content (AvgIpc) is 2.32. The maximum Gasteiger partial charge on any atom is 0.422 e. The third-order valence-electron chi connectivity index (χ3n) is 2.11. The smallest absolute Gasteiger partial charge is 0.422 e. The normalized spacial score (nSPS) is 11.9. The maximum absolute atomic E-state index is 12.1. The van der Waals surface area contributed by atoms with Gasteiger partial charge in [0.15, 0.2) is 24.7 Å². The Morgan fingerprint density at radius 3 is 2.10 bits per heavy atom. The summed E-state index contributed by atoms with van der Waals surface area (Å²) in [4.78, 5) is 11.6. The van der Waals surface area contributed by atoms with E-state index in [1.807, 2.05) is 20.8 Å². The van der Waals surface area contributed by atoms with Crippen molar-refractivity contribution >= 4 is 5.91 Å².